The number of fused-ring (bicyclic) bond motifs is 1. The van der Waals surface area contributed by atoms with E-state index in [2.05, 4.69) is 61.3 Å². The molecule has 0 aliphatic carbocycles. The van der Waals surface area contributed by atoms with Crippen molar-refractivity contribution in [3.05, 3.63) is 82.9 Å². The van der Waals surface area contributed by atoms with Crippen LogP contribution in [0.4, 0.5) is 0 Å². The fraction of sp³-hybridized carbons (Fsp3) is 0.457. The molecule has 0 aromatic heterocycles. The van der Waals surface area contributed by atoms with Gasteiger partial charge in [-0.25, -0.2) is 0 Å². The Morgan fingerprint density at radius 2 is 1.52 bits per heavy atom. The number of carbonyl (C=O) groups excluding carboxylic acids is 1. The van der Waals surface area contributed by atoms with Crippen molar-refractivity contribution < 1.29 is 23.7 Å². The molecule has 0 spiro atoms. The van der Waals surface area contributed by atoms with E-state index in [1.54, 1.807) is 28.4 Å². The predicted molar refractivity (Wildman–Crippen MR) is 167 cm³/mol. The molecule has 1 aliphatic rings. The first-order valence-corrected chi connectivity index (χ1v) is 14.7. The molecule has 1 aliphatic heterocycles. The summed E-state index contributed by atoms with van der Waals surface area (Å²) in [7, 11) is 6.63. The van der Waals surface area contributed by atoms with E-state index in [0.717, 1.165) is 42.5 Å². The molecule has 7 nitrogen and oxygen atoms in total. The normalized spacial score (nSPS) is 16.1. The number of carbonyl (C=O) groups is 1. The van der Waals surface area contributed by atoms with Gasteiger partial charge in [0.25, 0.3) is 0 Å². The van der Waals surface area contributed by atoms with Crippen LogP contribution in [0.15, 0.2) is 60.7 Å². The molecule has 0 fully saturated rings. The minimum Gasteiger partial charge on any atom is -0.493 e. The highest BCUT2D eigenvalue weighted by atomic mass is 16.5. The van der Waals surface area contributed by atoms with Gasteiger partial charge >= 0.3 is 0 Å². The number of benzene rings is 3. The number of nitrogens with one attached hydrogen (secondary N) is 1. The first-order chi connectivity index (χ1) is 20.2. The fourth-order valence-corrected chi connectivity index (χ4v) is 5.80. The van der Waals surface area contributed by atoms with Gasteiger partial charge in [-0.2, -0.15) is 0 Å². The van der Waals surface area contributed by atoms with E-state index in [1.165, 1.54) is 5.56 Å². The van der Waals surface area contributed by atoms with Crippen LogP contribution in [0.25, 0.3) is 0 Å². The van der Waals surface area contributed by atoms with E-state index in [1.807, 2.05) is 30.3 Å². The highest BCUT2D eigenvalue weighted by Gasteiger charge is 2.36. The van der Waals surface area contributed by atoms with Gasteiger partial charge in [-0.05, 0) is 77.6 Å². The van der Waals surface area contributed by atoms with Gasteiger partial charge in [-0.1, -0.05) is 57.2 Å². The molecule has 3 aromatic carbocycles. The lowest BCUT2D eigenvalue weighted by atomic mass is 9.90. The second-order valence-corrected chi connectivity index (χ2v) is 12.1. The van der Waals surface area contributed by atoms with Crippen molar-refractivity contribution in [1.29, 1.82) is 0 Å². The minimum atomic E-state index is -0.463. The van der Waals surface area contributed by atoms with E-state index in [9.17, 15) is 4.79 Å². The number of nitrogens with zero attached hydrogens (tertiary/aromatic N) is 1. The fourth-order valence-electron chi connectivity index (χ4n) is 5.80. The molecule has 226 valence electrons. The highest BCUT2D eigenvalue weighted by molar-refractivity contribution is 5.83. The summed E-state index contributed by atoms with van der Waals surface area (Å²) in [6, 6.07) is 19.8. The van der Waals surface area contributed by atoms with Gasteiger partial charge in [0.1, 0.15) is 6.04 Å². The van der Waals surface area contributed by atoms with Gasteiger partial charge in [0, 0.05) is 19.1 Å². The van der Waals surface area contributed by atoms with Crippen molar-refractivity contribution >= 4 is 5.91 Å². The van der Waals surface area contributed by atoms with E-state index in [-0.39, 0.29) is 17.4 Å². The molecule has 3 aromatic rings. The van der Waals surface area contributed by atoms with E-state index < -0.39 is 6.04 Å². The Morgan fingerprint density at radius 1 is 0.881 bits per heavy atom. The molecule has 0 saturated carbocycles. The van der Waals surface area contributed by atoms with Crippen molar-refractivity contribution in [3.63, 3.8) is 0 Å². The molecule has 0 radical (unpaired) electrons. The van der Waals surface area contributed by atoms with Gasteiger partial charge in [-0.3, -0.25) is 9.69 Å². The van der Waals surface area contributed by atoms with Crippen LogP contribution < -0.4 is 24.3 Å². The molecular formula is C35H46N2O5. The van der Waals surface area contributed by atoms with Crippen LogP contribution in [0, 0.1) is 5.41 Å². The van der Waals surface area contributed by atoms with Crippen LogP contribution in [-0.4, -0.2) is 52.3 Å². The van der Waals surface area contributed by atoms with Crippen LogP contribution in [0.2, 0.25) is 0 Å². The molecular weight excluding hydrogens is 528 g/mol. The number of amides is 1. The Morgan fingerprint density at radius 3 is 2.17 bits per heavy atom. The van der Waals surface area contributed by atoms with Gasteiger partial charge in [0.2, 0.25) is 5.91 Å². The number of ether oxygens (including phenoxy) is 4. The number of rotatable bonds is 11. The minimum absolute atomic E-state index is 0.0201. The van der Waals surface area contributed by atoms with Crippen molar-refractivity contribution in [2.75, 3.05) is 41.5 Å². The predicted octanol–water partition coefficient (Wildman–Crippen LogP) is 6.55. The summed E-state index contributed by atoms with van der Waals surface area (Å²) >= 11 is 0. The molecule has 2 unspecified atom stereocenters. The standard InChI is InChI=1S/C35H46N2O5/c1-35(2,3)17-18-36-34(38)33(25-12-9-8-10-13-25)37-19-11-14-26-22-31(41-6)32(42-7)23-27(26)28(37)20-24-15-16-29(39-4)30(21-24)40-5/h8-10,12-13,15-16,21-23,28,33H,11,14,17-20H2,1-7H3,(H,36,38). The molecule has 1 heterocycles. The molecule has 1 N–H and O–H groups in total. The number of aryl methyl sites for hydroxylation is 1. The first-order valence-electron chi connectivity index (χ1n) is 14.7. The molecule has 0 bridgehead atoms. The molecule has 7 heteroatoms. The summed E-state index contributed by atoms with van der Waals surface area (Å²) < 4.78 is 22.6. The average Bonchev–Trinajstić information content (AvgIpc) is 3.15. The van der Waals surface area contributed by atoms with Crippen molar-refractivity contribution in [3.8, 4) is 23.0 Å². The second-order valence-electron chi connectivity index (χ2n) is 12.1. The summed E-state index contributed by atoms with van der Waals surface area (Å²) in [5.41, 5.74) is 4.55. The highest BCUT2D eigenvalue weighted by Crippen LogP contribution is 2.43. The zero-order valence-electron chi connectivity index (χ0n) is 26.2. The Labute approximate surface area is 251 Å². The number of hydrogen-bond donors (Lipinski definition) is 1. The molecule has 42 heavy (non-hydrogen) atoms. The Kier molecular flexibility index (Phi) is 10.4. The maximum atomic E-state index is 14.1. The second kappa shape index (κ2) is 14.0. The lowest BCUT2D eigenvalue weighted by Crippen LogP contribution is -2.43. The van der Waals surface area contributed by atoms with Crippen LogP contribution in [-0.2, 0) is 17.6 Å². The van der Waals surface area contributed by atoms with Crippen LogP contribution >= 0.6 is 0 Å². The lowest BCUT2D eigenvalue weighted by molar-refractivity contribution is -0.128. The smallest absolute Gasteiger partial charge is 0.241 e. The SMILES string of the molecule is COc1ccc(CC2c3cc(OC)c(OC)cc3CCCN2C(C(=O)NCCC(C)(C)C)c2ccccc2)cc1OC. The van der Waals surface area contributed by atoms with E-state index >= 15 is 0 Å². The van der Waals surface area contributed by atoms with Gasteiger partial charge in [-0.15, -0.1) is 0 Å². The molecule has 4 rings (SSSR count). The van der Waals surface area contributed by atoms with Gasteiger partial charge in [0.05, 0.1) is 28.4 Å². The van der Waals surface area contributed by atoms with E-state index in [0.29, 0.717) is 36.0 Å². The number of methoxy groups -OCH3 is 4. The summed E-state index contributed by atoms with van der Waals surface area (Å²) in [6.45, 7) is 7.96. The molecule has 2 atom stereocenters. The zero-order valence-corrected chi connectivity index (χ0v) is 26.2. The average molecular weight is 575 g/mol. The van der Waals surface area contributed by atoms with Crippen LogP contribution in [0.1, 0.15) is 68.0 Å². The zero-order chi connectivity index (χ0) is 30.3. The summed E-state index contributed by atoms with van der Waals surface area (Å²) in [4.78, 5) is 16.5. The van der Waals surface area contributed by atoms with E-state index in [4.69, 9.17) is 18.9 Å². The summed E-state index contributed by atoms with van der Waals surface area (Å²) in [5, 5.41) is 3.28. The van der Waals surface area contributed by atoms with Crippen molar-refractivity contribution in [1.82, 2.24) is 10.2 Å². The van der Waals surface area contributed by atoms with Gasteiger partial charge in [0.15, 0.2) is 23.0 Å². The Hall–Kier alpha value is -3.71. The van der Waals surface area contributed by atoms with Crippen LogP contribution in [0.3, 0.4) is 0 Å². The first kappa shape index (κ1) is 31.2. The largest absolute Gasteiger partial charge is 0.493 e. The van der Waals surface area contributed by atoms with Gasteiger partial charge < -0.3 is 24.3 Å². The monoisotopic (exact) mass is 574 g/mol. The van der Waals surface area contributed by atoms with Crippen molar-refractivity contribution in [2.45, 2.75) is 58.5 Å². The molecule has 0 saturated heterocycles. The third-order valence-corrected chi connectivity index (χ3v) is 8.01. The topological polar surface area (TPSA) is 69.3 Å². The number of hydrogen-bond acceptors (Lipinski definition) is 6. The third kappa shape index (κ3) is 7.37. The summed E-state index contributed by atoms with van der Waals surface area (Å²) in [6.07, 6.45) is 3.35. The maximum absolute atomic E-state index is 14.1. The molecule has 1 amide bonds. The summed E-state index contributed by atoms with van der Waals surface area (Å²) in [5.74, 6) is 2.79. The Bertz CT molecular complexity index is 1340. The maximum Gasteiger partial charge on any atom is 0.241 e. The lowest BCUT2D eigenvalue weighted by Gasteiger charge is -2.37. The van der Waals surface area contributed by atoms with Crippen molar-refractivity contribution in [2.24, 2.45) is 5.41 Å². The quantitative estimate of drug-likeness (QED) is 0.280. The van der Waals surface area contributed by atoms with Crippen LogP contribution in [0.5, 0.6) is 23.0 Å². The third-order valence-electron chi connectivity index (χ3n) is 8.01. The Balaban J connectivity index is 1.83.